The molecule has 1 aromatic carbocycles. The normalized spacial score (nSPS) is 20.9. The Bertz CT molecular complexity index is 661. The summed E-state index contributed by atoms with van der Waals surface area (Å²) in [5.41, 5.74) is 3.76. The molecular formula is C21H32FN3O4. The molecule has 1 N–H and O–H groups in total. The predicted octanol–water partition coefficient (Wildman–Crippen LogP) is 2.91. The number of hydrazine groups is 1. The minimum absolute atomic E-state index is 0.247. The lowest BCUT2D eigenvalue weighted by Crippen LogP contribution is -2.61. The van der Waals surface area contributed by atoms with Gasteiger partial charge in [-0.15, -0.1) is 5.17 Å². The Morgan fingerprint density at radius 1 is 1.14 bits per heavy atom. The van der Waals surface area contributed by atoms with Crippen molar-refractivity contribution >= 4 is 6.09 Å². The highest BCUT2D eigenvalue weighted by atomic mass is 19.1. The van der Waals surface area contributed by atoms with E-state index in [1.807, 2.05) is 32.9 Å². The topological polar surface area (TPSA) is 63.3 Å². The highest BCUT2D eigenvalue weighted by Crippen LogP contribution is 2.28. The number of amides is 1. The molecule has 162 valence electrons. The molecule has 0 saturated carbocycles. The zero-order valence-corrected chi connectivity index (χ0v) is 17.6. The maximum Gasteiger partial charge on any atom is 0.410 e. The lowest BCUT2D eigenvalue weighted by molar-refractivity contribution is -0.207. The summed E-state index contributed by atoms with van der Waals surface area (Å²) < 4.78 is 24.3. The number of rotatable bonds is 4. The fourth-order valence-corrected chi connectivity index (χ4v) is 3.64. The van der Waals surface area contributed by atoms with Gasteiger partial charge in [0.1, 0.15) is 11.4 Å². The van der Waals surface area contributed by atoms with E-state index < -0.39 is 5.60 Å². The molecule has 2 aliphatic rings. The molecule has 0 unspecified atom stereocenters. The Morgan fingerprint density at radius 2 is 1.83 bits per heavy atom. The molecule has 1 amide bonds. The molecule has 0 aliphatic carbocycles. The van der Waals surface area contributed by atoms with Crippen LogP contribution in [0.15, 0.2) is 24.3 Å². The molecule has 2 fully saturated rings. The summed E-state index contributed by atoms with van der Waals surface area (Å²) in [6, 6.07) is 6.58. The zero-order chi connectivity index (χ0) is 20.9. The van der Waals surface area contributed by atoms with Crippen molar-refractivity contribution in [1.82, 2.24) is 15.5 Å². The highest BCUT2D eigenvalue weighted by molar-refractivity contribution is 5.68. The molecule has 2 heterocycles. The third kappa shape index (κ3) is 6.64. The van der Waals surface area contributed by atoms with E-state index in [0.717, 1.165) is 18.4 Å². The summed E-state index contributed by atoms with van der Waals surface area (Å²) in [4.78, 5) is 20.0. The number of piperidine rings is 1. The summed E-state index contributed by atoms with van der Waals surface area (Å²) in [5.74, 6) is -0.247. The Hall–Kier alpha value is -1.74. The van der Waals surface area contributed by atoms with Crippen LogP contribution in [0.4, 0.5) is 9.18 Å². The van der Waals surface area contributed by atoms with Crippen molar-refractivity contribution < 1.29 is 23.5 Å². The van der Waals surface area contributed by atoms with Crippen molar-refractivity contribution in [2.24, 2.45) is 0 Å². The number of likely N-dealkylation sites (tertiary alicyclic amines) is 1. The summed E-state index contributed by atoms with van der Waals surface area (Å²) in [5, 5.41) is 1.75. The number of benzene rings is 1. The number of hydroxylamine groups is 1. The standard InChI is InChI=1S/C21H32FN3O4/c1-20(2,3)29-19(26)24-10-8-21(9-11-24,16-17-4-6-18(22)7-5-17)23-25-12-13-27-14-15-28-25/h4-7,23H,8-16H2,1-3H3. The molecular weight excluding hydrogens is 377 g/mol. The minimum atomic E-state index is -0.516. The first kappa shape index (κ1) is 22.0. The van der Waals surface area contributed by atoms with Crippen LogP contribution in [0.25, 0.3) is 0 Å². The van der Waals surface area contributed by atoms with Crippen molar-refractivity contribution in [1.29, 1.82) is 0 Å². The predicted molar refractivity (Wildman–Crippen MR) is 106 cm³/mol. The minimum Gasteiger partial charge on any atom is -0.444 e. The molecule has 0 aromatic heterocycles. The van der Waals surface area contributed by atoms with Gasteiger partial charge < -0.3 is 14.4 Å². The third-order valence-corrected chi connectivity index (χ3v) is 5.10. The van der Waals surface area contributed by atoms with Gasteiger partial charge in [-0.1, -0.05) is 12.1 Å². The Labute approximate surface area is 172 Å². The van der Waals surface area contributed by atoms with Gasteiger partial charge in [-0.05, 0) is 57.7 Å². The summed E-state index contributed by atoms with van der Waals surface area (Å²) in [7, 11) is 0. The number of hydrogen-bond acceptors (Lipinski definition) is 6. The largest absolute Gasteiger partial charge is 0.444 e. The number of carbonyl (C=O) groups is 1. The average molecular weight is 410 g/mol. The van der Waals surface area contributed by atoms with Crippen LogP contribution in [0.3, 0.4) is 0 Å². The molecule has 29 heavy (non-hydrogen) atoms. The molecule has 0 bridgehead atoms. The van der Waals surface area contributed by atoms with Crippen molar-refractivity contribution in [3.8, 4) is 0 Å². The van der Waals surface area contributed by atoms with Gasteiger partial charge in [0, 0.05) is 18.6 Å². The fraction of sp³-hybridized carbons (Fsp3) is 0.667. The van der Waals surface area contributed by atoms with E-state index in [9.17, 15) is 9.18 Å². The van der Waals surface area contributed by atoms with E-state index in [0.29, 0.717) is 45.9 Å². The van der Waals surface area contributed by atoms with E-state index in [2.05, 4.69) is 5.43 Å². The van der Waals surface area contributed by atoms with Crippen LogP contribution < -0.4 is 5.43 Å². The van der Waals surface area contributed by atoms with Gasteiger partial charge >= 0.3 is 6.09 Å². The van der Waals surface area contributed by atoms with Gasteiger partial charge in [0.05, 0.1) is 26.4 Å². The highest BCUT2D eigenvalue weighted by Gasteiger charge is 2.39. The first-order chi connectivity index (χ1) is 13.7. The van der Waals surface area contributed by atoms with Crippen LogP contribution in [0.5, 0.6) is 0 Å². The lowest BCUT2D eigenvalue weighted by Gasteiger charge is -2.44. The SMILES string of the molecule is CC(C)(C)OC(=O)N1CCC(Cc2ccc(F)cc2)(NN2CCOCCO2)CC1. The van der Waals surface area contributed by atoms with E-state index in [1.54, 1.807) is 10.1 Å². The van der Waals surface area contributed by atoms with E-state index in [4.69, 9.17) is 14.3 Å². The summed E-state index contributed by atoms with van der Waals surface area (Å²) in [6.07, 6.45) is 1.87. The van der Waals surface area contributed by atoms with Crippen LogP contribution in [0, 0.1) is 5.82 Å². The van der Waals surface area contributed by atoms with Crippen LogP contribution in [0.1, 0.15) is 39.2 Å². The number of nitrogens with one attached hydrogen (secondary N) is 1. The molecule has 3 rings (SSSR count). The number of ether oxygens (including phenoxy) is 2. The van der Waals surface area contributed by atoms with E-state index in [-0.39, 0.29) is 17.4 Å². The van der Waals surface area contributed by atoms with Gasteiger partial charge in [-0.3, -0.25) is 4.84 Å². The summed E-state index contributed by atoms with van der Waals surface area (Å²) >= 11 is 0. The molecule has 2 saturated heterocycles. The quantitative estimate of drug-likeness (QED) is 0.825. The number of halogens is 1. The summed E-state index contributed by atoms with van der Waals surface area (Å²) in [6.45, 7) is 9.01. The van der Waals surface area contributed by atoms with Crippen LogP contribution in [-0.2, 0) is 20.7 Å². The van der Waals surface area contributed by atoms with Gasteiger partial charge in [-0.25, -0.2) is 14.6 Å². The molecule has 2 aliphatic heterocycles. The average Bonchev–Trinajstić information content (AvgIpc) is 2.91. The molecule has 7 nitrogen and oxygen atoms in total. The van der Waals surface area contributed by atoms with Gasteiger partial charge in [0.2, 0.25) is 0 Å². The maximum atomic E-state index is 13.3. The lowest BCUT2D eigenvalue weighted by atomic mass is 9.82. The van der Waals surface area contributed by atoms with Crippen molar-refractivity contribution in [2.45, 2.75) is 51.2 Å². The van der Waals surface area contributed by atoms with E-state index >= 15 is 0 Å². The van der Waals surface area contributed by atoms with Crippen molar-refractivity contribution in [3.63, 3.8) is 0 Å². The first-order valence-electron chi connectivity index (χ1n) is 10.2. The zero-order valence-electron chi connectivity index (χ0n) is 17.6. The molecule has 0 spiro atoms. The van der Waals surface area contributed by atoms with Crippen LogP contribution in [0.2, 0.25) is 0 Å². The Kier molecular flexibility index (Phi) is 7.10. The van der Waals surface area contributed by atoms with Crippen molar-refractivity contribution in [3.05, 3.63) is 35.6 Å². The monoisotopic (exact) mass is 409 g/mol. The fourth-order valence-electron chi connectivity index (χ4n) is 3.64. The second kappa shape index (κ2) is 9.38. The second-order valence-corrected chi connectivity index (χ2v) is 8.71. The molecule has 8 heteroatoms. The van der Waals surface area contributed by atoms with Gasteiger partial charge in [0.15, 0.2) is 0 Å². The molecule has 1 aromatic rings. The molecule has 0 radical (unpaired) electrons. The van der Waals surface area contributed by atoms with Crippen molar-refractivity contribution in [2.75, 3.05) is 39.5 Å². The Morgan fingerprint density at radius 3 is 2.48 bits per heavy atom. The van der Waals surface area contributed by atoms with Crippen LogP contribution >= 0.6 is 0 Å². The third-order valence-electron chi connectivity index (χ3n) is 5.10. The van der Waals surface area contributed by atoms with Gasteiger partial charge in [-0.2, -0.15) is 0 Å². The number of carbonyl (C=O) groups excluding carboxylic acids is 1. The maximum absolute atomic E-state index is 13.3. The van der Waals surface area contributed by atoms with Gasteiger partial charge in [0.25, 0.3) is 0 Å². The molecule has 0 atom stereocenters. The first-order valence-corrected chi connectivity index (χ1v) is 10.2. The number of nitrogens with zero attached hydrogens (tertiary/aromatic N) is 2. The smallest absolute Gasteiger partial charge is 0.410 e. The second-order valence-electron chi connectivity index (χ2n) is 8.71. The number of hydrogen-bond donors (Lipinski definition) is 1. The Balaban J connectivity index is 1.70. The van der Waals surface area contributed by atoms with E-state index in [1.165, 1.54) is 12.1 Å². The van der Waals surface area contributed by atoms with Crippen LogP contribution in [-0.4, -0.2) is 66.8 Å².